The minimum absolute atomic E-state index is 0.0240. The zero-order chi connectivity index (χ0) is 27.0. The lowest BCUT2D eigenvalue weighted by Crippen LogP contribution is -2.67. The van der Waals surface area contributed by atoms with Crippen LogP contribution in [0.5, 0.6) is 0 Å². The van der Waals surface area contributed by atoms with E-state index in [1.165, 1.54) is 0 Å². The molecule has 2 fully saturated rings. The van der Waals surface area contributed by atoms with Gasteiger partial charge in [-0.3, -0.25) is 9.13 Å². The van der Waals surface area contributed by atoms with E-state index in [0.717, 1.165) is 34.4 Å². The lowest BCUT2D eigenvalue weighted by molar-refractivity contribution is -0.322. The van der Waals surface area contributed by atoms with E-state index in [1.807, 2.05) is 0 Å². The van der Waals surface area contributed by atoms with Crippen LogP contribution in [0, 0.1) is 0 Å². The Bertz CT molecular complexity index is 1410. The van der Waals surface area contributed by atoms with Crippen molar-refractivity contribution < 1.29 is 40.1 Å². The van der Waals surface area contributed by atoms with Crippen LogP contribution in [0.25, 0.3) is 22.3 Å². The second-order valence-corrected chi connectivity index (χ2v) is 9.56. The summed E-state index contributed by atoms with van der Waals surface area (Å²) < 4.78 is 14.7. The molecule has 2 aliphatic heterocycles. The summed E-state index contributed by atoms with van der Waals surface area (Å²) in [6.45, 7) is -1.53. The van der Waals surface area contributed by atoms with Crippen LogP contribution in [-0.4, -0.2) is 120 Å². The Balaban J connectivity index is 1.76. The van der Waals surface area contributed by atoms with Gasteiger partial charge in [-0.05, 0) is 0 Å². The van der Waals surface area contributed by atoms with Gasteiger partial charge >= 0.3 is 0 Å². The Morgan fingerprint density at radius 2 is 1.08 bits per heavy atom. The first-order chi connectivity index (χ1) is 18.2. The first kappa shape index (κ1) is 25.6. The highest BCUT2D eigenvalue weighted by Gasteiger charge is 2.76. The largest absolute Gasteiger partial charge is 0.394 e. The normalized spacial score (nSPS) is 35.6. The number of aliphatic hydroxyl groups is 6. The van der Waals surface area contributed by atoms with Crippen LogP contribution in [0.3, 0.4) is 0 Å². The minimum atomic E-state index is -2.46. The fourth-order valence-corrected chi connectivity index (χ4v) is 5.69. The van der Waals surface area contributed by atoms with Crippen molar-refractivity contribution >= 4 is 45.5 Å². The zero-order valence-corrected chi connectivity index (χ0v) is 20.5. The Kier molecular flexibility index (Phi) is 6.04. The highest BCUT2D eigenvalue weighted by Crippen LogP contribution is 2.55. The number of hydrogen-bond acceptors (Lipinski definition) is 14. The van der Waals surface area contributed by atoms with Crippen LogP contribution >= 0.6 is 23.2 Å². The van der Waals surface area contributed by atoms with E-state index in [1.54, 1.807) is 0 Å². The molecule has 0 amide bonds. The molecule has 2 aliphatic rings. The standard InChI is InChI=1S/C20H20Cl2N8O8/c21-15-9-17(25-3-23-15)29(5-27-9)19(13(35)11(33)7(1-31)37-19)20(14(36)12(34)8(2-32)38-20)30-6-28-10-16(22)24-4-26-18(10)30/h3-8,11-14,31-36H,1-2H2/t7-,8-,11-,12-,13-,14-,19?,20?/m1/s1. The van der Waals surface area contributed by atoms with Gasteiger partial charge in [0.25, 0.3) is 0 Å². The van der Waals surface area contributed by atoms with Gasteiger partial charge in [0.15, 0.2) is 21.6 Å². The third-order valence-electron chi connectivity index (χ3n) is 7.04. The quantitative estimate of drug-likeness (QED) is 0.136. The summed E-state index contributed by atoms with van der Waals surface area (Å²) in [5.41, 5.74) is -4.83. The molecule has 38 heavy (non-hydrogen) atoms. The topological polar surface area (TPSA) is 227 Å². The zero-order valence-electron chi connectivity index (χ0n) is 19.0. The number of hydrogen-bond donors (Lipinski definition) is 6. The Morgan fingerprint density at radius 1 is 0.684 bits per heavy atom. The number of fused-ring (bicyclic) bond motifs is 2. The van der Waals surface area contributed by atoms with E-state index in [0.29, 0.717) is 0 Å². The summed E-state index contributed by atoms with van der Waals surface area (Å²) in [5, 5.41) is 65.2. The molecular formula is C20H20Cl2N8O8. The molecular weight excluding hydrogens is 551 g/mol. The van der Waals surface area contributed by atoms with Gasteiger partial charge in [0.1, 0.15) is 60.3 Å². The smallest absolute Gasteiger partial charge is 0.228 e. The van der Waals surface area contributed by atoms with Crippen molar-refractivity contribution in [2.75, 3.05) is 13.2 Å². The molecule has 2 unspecified atom stereocenters. The highest BCUT2D eigenvalue weighted by atomic mass is 35.5. The molecule has 4 aromatic heterocycles. The lowest BCUT2D eigenvalue weighted by Gasteiger charge is -2.49. The SMILES string of the molecule is OC[C@H]1OC(n2cnc3c(Cl)ncnc32)(C2(n3cnc4c(Cl)ncnc43)O[C@H](CO)[C@@H](O)[C@H]2O)[C@H](O)[C@@H]1O. The van der Waals surface area contributed by atoms with E-state index in [9.17, 15) is 30.6 Å². The summed E-state index contributed by atoms with van der Waals surface area (Å²) in [5.74, 6) is 0. The monoisotopic (exact) mass is 570 g/mol. The number of nitrogens with zero attached hydrogens (tertiary/aromatic N) is 8. The van der Waals surface area contributed by atoms with Gasteiger partial charge in [-0.1, -0.05) is 23.2 Å². The predicted molar refractivity (Wildman–Crippen MR) is 125 cm³/mol. The van der Waals surface area contributed by atoms with E-state index in [2.05, 4.69) is 29.9 Å². The molecule has 4 aromatic rings. The molecule has 0 spiro atoms. The number of ether oxygens (including phenoxy) is 2. The summed E-state index contributed by atoms with van der Waals surface area (Å²) in [6.07, 6.45) is -5.79. The molecule has 18 heteroatoms. The lowest BCUT2D eigenvalue weighted by atomic mass is 9.85. The van der Waals surface area contributed by atoms with Crippen molar-refractivity contribution in [3.05, 3.63) is 35.6 Å². The van der Waals surface area contributed by atoms with Crippen LogP contribution in [-0.2, 0) is 20.9 Å². The Morgan fingerprint density at radius 3 is 1.42 bits per heavy atom. The summed E-state index contributed by atoms with van der Waals surface area (Å²) >= 11 is 12.4. The number of imidazole rings is 2. The van der Waals surface area contributed by atoms with Crippen molar-refractivity contribution in [3.8, 4) is 0 Å². The molecule has 202 valence electrons. The predicted octanol–water partition coefficient (Wildman–Crippen LogP) is -2.50. The van der Waals surface area contributed by atoms with Crippen LogP contribution in [0.1, 0.15) is 0 Å². The van der Waals surface area contributed by atoms with E-state index >= 15 is 0 Å². The number of halogens is 2. The van der Waals surface area contributed by atoms with Gasteiger partial charge in [0, 0.05) is 0 Å². The highest BCUT2D eigenvalue weighted by molar-refractivity contribution is 6.33. The molecule has 16 nitrogen and oxygen atoms in total. The van der Waals surface area contributed by atoms with E-state index in [4.69, 9.17) is 32.7 Å². The fraction of sp³-hybridized carbons (Fsp3) is 0.500. The van der Waals surface area contributed by atoms with Gasteiger partial charge in [-0.25, -0.2) is 29.9 Å². The molecule has 0 aliphatic carbocycles. The average molecular weight is 571 g/mol. The van der Waals surface area contributed by atoms with Crippen LogP contribution in [0.2, 0.25) is 10.3 Å². The van der Waals surface area contributed by atoms with Crippen molar-refractivity contribution in [1.82, 2.24) is 39.0 Å². The first-order valence-corrected chi connectivity index (χ1v) is 12.0. The molecule has 6 rings (SSSR count). The molecule has 0 saturated carbocycles. The van der Waals surface area contributed by atoms with Crippen LogP contribution in [0.15, 0.2) is 25.3 Å². The van der Waals surface area contributed by atoms with E-state index in [-0.39, 0.29) is 32.6 Å². The van der Waals surface area contributed by atoms with Gasteiger partial charge in [0.2, 0.25) is 11.4 Å². The number of rotatable bonds is 5. The molecule has 6 heterocycles. The van der Waals surface area contributed by atoms with Crippen molar-refractivity contribution in [2.45, 2.75) is 48.1 Å². The van der Waals surface area contributed by atoms with E-state index < -0.39 is 61.3 Å². The van der Waals surface area contributed by atoms with Crippen LogP contribution < -0.4 is 0 Å². The maximum atomic E-state index is 11.7. The average Bonchev–Trinajstić information content (AvgIpc) is 3.66. The third kappa shape index (κ3) is 3.09. The van der Waals surface area contributed by atoms with Crippen molar-refractivity contribution in [3.63, 3.8) is 0 Å². The first-order valence-electron chi connectivity index (χ1n) is 11.2. The summed E-state index contributed by atoms with van der Waals surface area (Å²) in [6, 6.07) is 0. The second kappa shape index (κ2) is 8.95. The van der Waals surface area contributed by atoms with Gasteiger partial charge in [0.05, 0.1) is 25.9 Å². The van der Waals surface area contributed by atoms with Gasteiger partial charge in [-0.15, -0.1) is 0 Å². The van der Waals surface area contributed by atoms with Crippen LogP contribution in [0.4, 0.5) is 0 Å². The van der Waals surface area contributed by atoms with Gasteiger partial charge < -0.3 is 40.1 Å². The Hall–Kier alpha value is -2.64. The molecule has 8 atom stereocenters. The molecule has 6 N–H and O–H groups in total. The summed E-state index contributed by atoms with van der Waals surface area (Å²) in [7, 11) is 0. The second-order valence-electron chi connectivity index (χ2n) is 8.84. The van der Waals surface area contributed by atoms with Crippen molar-refractivity contribution in [2.24, 2.45) is 0 Å². The minimum Gasteiger partial charge on any atom is -0.394 e. The summed E-state index contributed by atoms with van der Waals surface area (Å²) in [4.78, 5) is 24.6. The van der Waals surface area contributed by atoms with Gasteiger partial charge in [-0.2, -0.15) is 0 Å². The molecule has 2 saturated heterocycles. The number of aromatic nitrogens is 8. The fourth-order valence-electron chi connectivity index (χ4n) is 5.34. The maximum absolute atomic E-state index is 11.7. The molecule has 0 bridgehead atoms. The molecule has 0 radical (unpaired) electrons. The third-order valence-corrected chi connectivity index (χ3v) is 7.59. The molecule has 0 aromatic carbocycles. The number of aliphatic hydroxyl groups excluding tert-OH is 6. The van der Waals surface area contributed by atoms with Crippen molar-refractivity contribution in [1.29, 1.82) is 0 Å². The Labute approximate surface area is 221 Å². The maximum Gasteiger partial charge on any atom is 0.228 e.